The van der Waals surface area contributed by atoms with Crippen molar-refractivity contribution in [2.24, 2.45) is 0 Å². The van der Waals surface area contributed by atoms with E-state index in [2.05, 4.69) is 4.90 Å². The summed E-state index contributed by atoms with van der Waals surface area (Å²) in [5.41, 5.74) is 3.19. The number of likely N-dealkylation sites (tertiary alicyclic amines) is 1. The Labute approximate surface area is 147 Å². The van der Waals surface area contributed by atoms with Crippen molar-refractivity contribution in [3.63, 3.8) is 0 Å². The van der Waals surface area contributed by atoms with Gasteiger partial charge in [0, 0.05) is 13.1 Å². The standard InChI is InChI=1S/C19H20Cl2FN/c20-18-9-11-23(13-19(18)21)10-8-15-6-7-16(22)12-17(15)14-4-2-1-3-5-14/h1-7,12,18-19H,8-11,13H2. The van der Waals surface area contributed by atoms with Crippen LogP contribution in [0.2, 0.25) is 0 Å². The zero-order chi connectivity index (χ0) is 16.2. The van der Waals surface area contributed by atoms with E-state index in [0.717, 1.165) is 49.2 Å². The molecule has 1 saturated heterocycles. The normalized spacial score (nSPS) is 22.2. The van der Waals surface area contributed by atoms with Crippen LogP contribution in [0.1, 0.15) is 12.0 Å². The fraction of sp³-hybridized carbons (Fsp3) is 0.368. The molecule has 122 valence electrons. The number of rotatable bonds is 4. The van der Waals surface area contributed by atoms with Gasteiger partial charge in [0.2, 0.25) is 0 Å². The van der Waals surface area contributed by atoms with Crippen molar-refractivity contribution in [3.05, 3.63) is 59.9 Å². The molecule has 2 unspecified atom stereocenters. The maximum atomic E-state index is 13.7. The van der Waals surface area contributed by atoms with Crippen LogP contribution in [0.25, 0.3) is 11.1 Å². The van der Waals surface area contributed by atoms with Crippen LogP contribution in [0.15, 0.2) is 48.5 Å². The largest absolute Gasteiger partial charge is 0.301 e. The molecular weight excluding hydrogens is 332 g/mol. The topological polar surface area (TPSA) is 3.24 Å². The average Bonchev–Trinajstić information content (AvgIpc) is 2.57. The predicted octanol–water partition coefficient (Wildman–Crippen LogP) is 4.96. The van der Waals surface area contributed by atoms with Gasteiger partial charge in [-0.2, -0.15) is 0 Å². The molecular formula is C19H20Cl2FN. The van der Waals surface area contributed by atoms with Crippen molar-refractivity contribution >= 4 is 23.2 Å². The molecule has 0 N–H and O–H groups in total. The minimum absolute atomic E-state index is 0.00669. The summed E-state index contributed by atoms with van der Waals surface area (Å²) in [5, 5.41) is 0.0749. The van der Waals surface area contributed by atoms with Crippen molar-refractivity contribution in [1.29, 1.82) is 0 Å². The SMILES string of the molecule is Fc1ccc(CCN2CCC(Cl)C(Cl)C2)c(-c2ccccc2)c1. The van der Waals surface area contributed by atoms with Gasteiger partial charge in [-0.1, -0.05) is 36.4 Å². The van der Waals surface area contributed by atoms with E-state index in [0.29, 0.717) is 0 Å². The number of nitrogens with zero attached hydrogens (tertiary/aromatic N) is 1. The zero-order valence-corrected chi connectivity index (χ0v) is 14.4. The summed E-state index contributed by atoms with van der Waals surface area (Å²) in [6.07, 6.45) is 1.80. The lowest BCUT2D eigenvalue weighted by atomic mass is 9.97. The third kappa shape index (κ3) is 4.26. The van der Waals surface area contributed by atoms with Crippen LogP contribution < -0.4 is 0 Å². The molecule has 1 nitrogen and oxygen atoms in total. The number of benzene rings is 2. The Hall–Kier alpha value is -1.09. The van der Waals surface area contributed by atoms with E-state index in [1.54, 1.807) is 6.07 Å². The molecule has 0 spiro atoms. The Kier molecular flexibility index (Phi) is 5.58. The van der Waals surface area contributed by atoms with E-state index in [9.17, 15) is 4.39 Å². The van der Waals surface area contributed by atoms with Gasteiger partial charge in [0.05, 0.1) is 10.8 Å². The Bertz CT molecular complexity index is 647. The molecule has 1 fully saturated rings. The molecule has 0 bridgehead atoms. The minimum atomic E-state index is -0.198. The molecule has 2 aromatic rings. The lowest BCUT2D eigenvalue weighted by Crippen LogP contribution is -2.42. The number of piperidine rings is 1. The molecule has 0 aliphatic carbocycles. The highest BCUT2D eigenvalue weighted by atomic mass is 35.5. The number of hydrogen-bond acceptors (Lipinski definition) is 1. The van der Waals surface area contributed by atoms with E-state index in [4.69, 9.17) is 23.2 Å². The smallest absolute Gasteiger partial charge is 0.123 e. The molecule has 1 heterocycles. The summed E-state index contributed by atoms with van der Waals surface area (Å²) >= 11 is 12.4. The lowest BCUT2D eigenvalue weighted by molar-refractivity contribution is 0.237. The van der Waals surface area contributed by atoms with Gasteiger partial charge in [-0.3, -0.25) is 0 Å². The molecule has 0 saturated carbocycles. The Balaban J connectivity index is 1.73. The molecule has 0 aromatic heterocycles. The molecule has 2 atom stereocenters. The van der Waals surface area contributed by atoms with Crippen molar-refractivity contribution in [1.82, 2.24) is 4.90 Å². The Morgan fingerprint density at radius 2 is 1.83 bits per heavy atom. The Morgan fingerprint density at radius 1 is 1.04 bits per heavy atom. The summed E-state index contributed by atoms with van der Waals surface area (Å²) < 4.78 is 13.7. The van der Waals surface area contributed by atoms with E-state index in [-0.39, 0.29) is 16.6 Å². The highest BCUT2D eigenvalue weighted by Gasteiger charge is 2.25. The minimum Gasteiger partial charge on any atom is -0.301 e. The second-order valence-corrected chi connectivity index (χ2v) is 7.16. The lowest BCUT2D eigenvalue weighted by Gasteiger charge is -2.32. The summed E-state index contributed by atoms with van der Waals surface area (Å²) in [6, 6.07) is 15.0. The third-order valence-corrected chi connectivity index (χ3v) is 5.49. The van der Waals surface area contributed by atoms with Gasteiger partial charge in [-0.25, -0.2) is 4.39 Å². The molecule has 23 heavy (non-hydrogen) atoms. The van der Waals surface area contributed by atoms with Gasteiger partial charge < -0.3 is 4.90 Å². The second-order valence-electron chi connectivity index (χ2n) is 6.04. The Morgan fingerprint density at radius 3 is 2.57 bits per heavy atom. The van der Waals surface area contributed by atoms with Crippen LogP contribution in [0, 0.1) is 5.82 Å². The number of alkyl halides is 2. The highest BCUT2D eigenvalue weighted by Crippen LogP contribution is 2.26. The van der Waals surface area contributed by atoms with Crippen LogP contribution >= 0.6 is 23.2 Å². The molecule has 3 rings (SSSR count). The van der Waals surface area contributed by atoms with E-state index in [1.165, 1.54) is 6.07 Å². The van der Waals surface area contributed by atoms with E-state index in [1.807, 2.05) is 36.4 Å². The first-order valence-corrected chi connectivity index (χ1v) is 8.85. The molecule has 1 aliphatic rings. The van der Waals surface area contributed by atoms with Crippen LogP contribution in [-0.4, -0.2) is 35.3 Å². The maximum absolute atomic E-state index is 13.7. The fourth-order valence-corrected chi connectivity index (χ4v) is 3.57. The van der Waals surface area contributed by atoms with Crippen LogP contribution in [0.3, 0.4) is 0 Å². The predicted molar refractivity (Wildman–Crippen MR) is 95.9 cm³/mol. The van der Waals surface area contributed by atoms with Gasteiger partial charge in [0.15, 0.2) is 0 Å². The van der Waals surface area contributed by atoms with Crippen molar-refractivity contribution in [3.8, 4) is 11.1 Å². The first-order chi connectivity index (χ1) is 11.1. The highest BCUT2D eigenvalue weighted by molar-refractivity contribution is 6.30. The second kappa shape index (κ2) is 7.65. The summed E-state index contributed by atoms with van der Waals surface area (Å²) in [7, 11) is 0. The molecule has 0 radical (unpaired) electrons. The van der Waals surface area contributed by atoms with Gasteiger partial charge in [-0.05, 0) is 48.2 Å². The monoisotopic (exact) mass is 351 g/mol. The first kappa shape index (κ1) is 16.8. The van der Waals surface area contributed by atoms with Crippen molar-refractivity contribution < 1.29 is 4.39 Å². The van der Waals surface area contributed by atoms with E-state index < -0.39 is 0 Å². The third-order valence-electron chi connectivity index (χ3n) is 4.40. The van der Waals surface area contributed by atoms with Crippen LogP contribution in [-0.2, 0) is 6.42 Å². The molecule has 1 aliphatic heterocycles. The summed E-state index contributed by atoms with van der Waals surface area (Å²) in [5.74, 6) is -0.198. The van der Waals surface area contributed by atoms with Gasteiger partial charge in [0.1, 0.15) is 5.82 Å². The van der Waals surface area contributed by atoms with Crippen LogP contribution in [0.4, 0.5) is 4.39 Å². The number of halogens is 3. The van der Waals surface area contributed by atoms with Gasteiger partial charge in [-0.15, -0.1) is 23.2 Å². The maximum Gasteiger partial charge on any atom is 0.123 e. The summed E-state index contributed by atoms with van der Waals surface area (Å²) in [6.45, 7) is 2.70. The first-order valence-electron chi connectivity index (χ1n) is 7.98. The fourth-order valence-electron chi connectivity index (χ4n) is 3.07. The van der Waals surface area contributed by atoms with Gasteiger partial charge >= 0.3 is 0 Å². The number of hydrogen-bond donors (Lipinski definition) is 0. The molecule has 0 amide bonds. The summed E-state index contributed by atoms with van der Waals surface area (Å²) in [4.78, 5) is 2.34. The van der Waals surface area contributed by atoms with Gasteiger partial charge in [0.25, 0.3) is 0 Å². The molecule has 4 heteroatoms. The van der Waals surface area contributed by atoms with E-state index >= 15 is 0 Å². The van der Waals surface area contributed by atoms with Crippen molar-refractivity contribution in [2.75, 3.05) is 19.6 Å². The zero-order valence-electron chi connectivity index (χ0n) is 12.9. The van der Waals surface area contributed by atoms with Crippen molar-refractivity contribution in [2.45, 2.75) is 23.6 Å². The molecule has 2 aromatic carbocycles. The average molecular weight is 352 g/mol. The quantitative estimate of drug-likeness (QED) is 0.704. The van der Waals surface area contributed by atoms with Crippen LogP contribution in [0.5, 0.6) is 0 Å².